The van der Waals surface area contributed by atoms with Crippen molar-refractivity contribution in [2.45, 2.75) is 39.0 Å². The fourth-order valence-corrected chi connectivity index (χ4v) is 5.54. The van der Waals surface area contributed by atoms with Gasteiger partial charge in [0, 0.05) is 41.4 Å². The smallest absolute Gasteiger partial charge is 0.162 e. The number of allylic oxidation sites excluding steroid dienone is 3. The fourth-order valence-electron chi connectivity index (χ4n) is 5.54. The Labute approximate surface area is 195 Å². The van der Waals surface area contributed by atoms with Crippen LogP contribution in [0.25, 0.3) is 5.70 Å². The lowest BCUT2D eigenvalue weighted by atomic mass is 9.69. The summed E-state index contributed by atoms with van der Waals surface area (Å²) in [5, 5.41) is 0. The van der Waals surface area contributed by atoms with E-state index in [1.54, 1.807) is 21.3 Å². The number of hydrogen-bond donors (Lipinski definition) is 0. The molecule has 0 saturated heterocycles. The molecule has 33 heavy (non-hydrogen) atoms. The second-order valence-electron chi connectivity index (χ2n) is 9.87. The van der Waals surface area contributed by atoms with E-state index in [-0.39, 0.29) is 17.1 Å². The number of Topliss-reactive ketones (excluding diaryl/α,β-unsaturated/α-hetero) is 1. The standard InChI is InChI=1S/C28H31NO4/c1-28(2)15-23-27(24(30)16-28)21(17-6-8-19(31-3)9-7-17)13-22-20-14-26(33-5)25(32-4)12-18(20)10-11-29(22)23/h6-9,12-14,21H,10-11,15-16H2,1-5H3/t21-/m1/s1. The highest BCUT2D eigenvalue weighted by molar-refractivity contribution is 6.01. The summed E-state index contributed by atoms with van der Waals surface area (Å²) in [5.74, 6) is 2.46. The van der Waals surface area contributed by atoms with Crippen LogP contribution in [0.5, 0.6) is 17.2 Å². The number of carbonyl (C=O) groups is 1. The molecule has 0 aromatic heterocycles. The SMILES string of the molecule is COc1ccc([C@H]2C=C3c4cc(OC)c(OC)cc4CCN3C3=C2C(=O)CC(C)(C)C3)cc1. The Morgan fingerprint density at radius 2 is 1.64 bits per heavy atom. The molecule has 2 aliphatic heterocycles. The maximum atomic E-state index is 13.5. The number of benzene rings is 2. The van der Waals surface area contributed by atoms with E-state index in [1.165, 1.54) is 11.3 Å². The van der Waals surface area contributed by atoms with Crippen LogP contribution in [0.1, 0.15) is 49.3 Å². The van der Waals surface area contributed by atoms with Crippen LogP contribution in [0, 0.1) is 5.41 Å². The molecular weight excluding hydrogens is 414 g/mol. The Kier molecular flexibility index (Phi) is 5.23. The lowest BCUT2D eigenvalue weighted by Crippen LogP contribution is -2.40. The Morgan fingerprint density at radius 3 is 2.30 bits per heavy atom. The van der Waals surface area contributed by atoms with Gasteiger partial charge in [0.25, 0.3) is 0 Å². The summed E-state index contributed by atoms with van der Waals surface area (Å²) >= 11 is 0. The number of ether oxygens (including phenoxy) is 3. The van der Waals surface area contributed by atoms with Gasteiger partial charge in [0.1, 0.15) is 5.75 Å². The van der Waals surface area contributed by atoms with Gasteiger partial charge in [-0.1, -0.05) is 26.0 Å². The number of carbonyl (C=O) groups excluding carboxylic acids is 1. The Bertz CT molecular complexity index is 1170. The summed E-state index contributed by atoms with van der Waals surface area (Å²) in [4.78, 5) is 15.9. The second kappa shape index (κ2) is 7.98. The molecule has 0 amide bonds. The maximum absolute atomic E-state index is 13.5. The number of fused-ring (bicyclic) bond motifs is 4. The zero-order chi connectivity index (χ0) is 23.3. The molecule has 0 spiro atoms. The summed E-state index contributed by atoms with van der Waals surface area (Å²) in [7, 11) is 5.01. The summed E-state index contributed by atoms with van der Waals surface area (Å²) in [5.41, 5.74) is 6.73. The minimum atomic E-state index is -0.0835. The van der Waals surface area contributed by atoms with Gasteiger partial charge in [0.05, 0.1) is 21.3 Å². The lowest BCUT2D eigenvalue weighted by Gasteiger charge is -2.46. The quantitative estimate of drug-likeness (QED) is 0.635. The largest absolute Gasteiger partial charge is 0.497 e. The van der Waals surface area contributed by atoms with E-state index < -0.39 is 0 Å². The first-order chi connectivity index (χ1) is 15.8. The average molecular weight is 446 g/mol. The van der Waals surface area contributed by atoms with Gasteiger partial charge in [-0.25, -0.2) is 0 Å². The van der Waals surface area contributed by atoms with Gasteiger partial charge >= 0.3 is 0 Å². The Morgan fingerprint density at radius 1 is 0.939 bits per heavy atom. The van der Waals surface area contributed by atoms with Crippen molar-refractivity contribution in [2.75, 3.05) is 27.9 Å². The molecule has 1 atom stereocenters. The highest BCUT2D eigenvalue weighted by atomic mass is 16.5. The zero-order valence-electron chi connectivity index (χ0n) is 20.0. The normalized spacial score (nSPS) is 21.0. The van der Waals surface area contributed by atoms with Gasteiger partial charge in [-0.3, -0.25) is 4.79 Å². The zero-order valence-corrected chi connectivity index (χ0v) is 20.0. The summed E-state index contributed by atoms with van der Waals surface area (Å²) in [6, 6.07) is 12.3. The van der Waals surface area contributed by atoms with Crippen molar-refractivity contribution in [3.63, 3.8) is 0 Å². The molecule has 1 aliphatic carbocycles. The van der Waals surface area contributed by atoms with Crippen LogP contribution in [-0.4, -0.2) is 38.6 Å². The van der Waals surface area contributed by atoms with E-state index in [2.05, 4.69) is 49.1 Å². The average Bonchev–Trinajstić information content (AvgIpc) is 2.81. The molecule has 5 heteroatoms. The van der Waals surface area contributed by atoms with E-state index in [9.17, 15) is 4.79 Å². The minimum Gasteiger partial charge on any atom is -0.497 e. The first-order valence-electron chi connectivity index (χ1n) is 11.5. The van der Waals surface area contributed by atoms with Crippen molar-refractivity contribution in [3.05, 3.63) is 70.4 Å². The van der Waals surface area contributed by atoms with Crippen LogP contribution in [0.4, 0.5) is 0 Å². The summed E-state index contributed by atoms with van der Waals surface area (Å²) in [6.07, 6.45) is 4.63. The monoisotopic (exact) mass is 445 g/mol. The third kappa shape index (κ3) is 3.60. The first-order valence-corrected chi connectivity index (χ1v) is 11.5. The highest BCUT2D eigenvalue weighted by Crippen LogP contribution is 2.51. The van der Waals surface area contributed by atoms with E-state index in [1.807, 2.05) is 12.1 Å². The fraction of sp³-hybridized carbons (Fsp3) is 0.393. The molecule has 0 saturated carbocycles. The number of nitrogens with zero attached hydrogens (tertiary/aromatic N) is 1. The van der Waals surface area contributed by atoms with Gasteiger partial charge in [-0.15, -0.1) is 0 Å². The first kappa shape index (κ1) is 21.6. The van der Waals surface area contributed by atoms with Gasteiger partial charge in [0.15, 0.2) is 17.3 Å². The van der Waals surface area contributed by atoms with Crippen LogP contribution in [0.3, 0.4) is 0 Å². The number of methoxy groups -OCH3 is 3. The molecule has 0 bridgehead atoms. The van der Waals surface area contributed by atoms with Crippen molar-refractivity contribution in [1.29, 1.82) is 0 Å². The second-order valence-corrected chi connectivity index (χ2v) is 9.87. The number of hydrogen-bond acceptors (Lipinski definition) is 5. The molecule has 0 N–H and O–H groups in total. The predicted molar refractivity (Wildman–Crippen MR) is 129 cm³/mol. The molecular formula is C28H31NO4. The topological polar surface area (TPSA) is 48.0 Å². The Hall–Kier alpha value is -3.21. The van der Waals surface area contributed by atoms with Gasteiger partial charge < -0.3 is 19.1 Å². The van der Waals surface area contributed by atoms with Crippen LogP contribution in [0.15, 0.2) is 53.7 Å². The summed E-state index contributed by atoms with van der Waals surface area (Å²) in [6.45, 7) is 5.24. The molecule has 2 heterocycles. The predicted octanol–water partition coefficient (Wildman–Crippen LogP) is 5.35. The van der Waals surface area contributed by atoms with E-state index in [0.717, 1.165) is 59.0 Å². The van der Waals surface area contributed by atoms with Crippen LogP contribution in [0.2, 0.25) is 0 Å². The maximum Gasteiger partial charge on any atom is 0.162 e. The molecule has 3 aliphatic rings. The molecule has 0 fully saturated rings. The molecule has 2 aromatic carbocycles. The van der Waals surface area contributed by atoms with Gasteiger partial charge in [0.2, 0.25) is 0 Å². The Balaban J connectivity index is 1.69. The molecule has 0 radical (unpaired) electrons. The summed E-state index contributed by atoms with van der Waals surface area (Å²) < 4.78 is 16.5. The van der Waals surface area contributed by atoms with Gasteiger partial charge in [-0.05, 0) is 59.7 Å². The molecule has 172 valence electrons. The van der Waals surface area contributed by atoms with E-state index in [0.29, 0.717) is 6.42 Å². The molecule has 0 unspecified atom stereocenters. The number of ketones is 1. The van der Waals surface area contributed by atoms with E-state index >= 15 is 0 Å². The van der Waals surface area contributed by atoms with Crippen molar-refractivity contribution in [1.82, 2.24) is 4.90 Å². The third-order valence-electron chi connectivity index (χ3n) is 7.11. The van der Waals surface area contributed by atoms with E-state index in [4.69, 9.17) is 14.2 Å². The van der Waals surface area contributed by atoms with Crippen molar-refractivity contribution in [2.24, 2.45) is 5.41 Å². The van der Waals surface area contributed by atoms with Crippen LogP contribution < -0.4 is 14.2 Å². The van der Waals surface area contributed by atoms with Crippen molar-refractivity contribution < 1.29 is 19.0 Å². The molecule has 5 nitrogen and oxygen atoms in total. The molecule has 5 rings (SSSR count). The minimum absolute atomic E-state index is 0.0549. The lowest BCUT2D eigenvalue weighted by molar-refractivity contribution is -0.118. The van der Waals surface area contributed by atoms with Crippen molar-refractivity contribution >= 4 is 11.5 Å². The molecule has 2 aromatic rings. The van der Waals surface area contributed by atoms with Crippen LogP contribution >= 0.6 is 0 Å². The van der Waals surface area contributed by atoms with Crippen molar-refractivity contribution in [3.8, 4) is 17.2 Å². The van der Waals surface area contributed by atoms with Crippen LogP contribution in [-0.2, 0) is 11.2 Å². The number of rotatable bonds is 4. The van der Waals surface area contributed by atoms with Gasteiger partial charge in [-0.2, -0.15) is 0 Å². The highest BCUT2D eigenvalue weighted by Gasteiger charge is 2.42. The third-order valence-corrected chi connectivity index (χ3v) is 7.11.